The van der Waals surface area contributed by atoms with E-state index < -0.39 is 0 Å². The van der Waals surface area contributed by atoms with Gasteiger partial charge in [0.2, 0.25) is 0 Å². The molecule has 0 radical (unpaired) electrons. The lowest BCUT2D eigenvalue weighted by atomic mass is 10.1. The zero-order valence-electron chi connectivity index (χ0n) is 14.2. The number of hydrogen-bond donors (Lipinski definition) is 1. The molecule has 0 unspecified atom stereocenters. The van der Waals surface area contributed by atoms with E-state index in [4.69, 9.17) is 14.6 Å². The van der Waals surface area contributed by atoms with E-state index in [1.165, 1.54) is 24.0 Å². The smallest absolute Gasteiger partial charge is 0.118 e. The van der Waals surface area contributed by atoms with Crippen molar-refractivity contribution in [2.24, 2.45) is 5.92 Å². The summed E-state index contributed by atoms with van der Waals surface area (Å²) in [5.74, 6) is 1.74. The van der Waals surface area contributed by atoms with E-state index in [0.29, 0.717) is 0 Å². The number of methoxy groups -OCH3 is 1. The Kier molecular flexibility index (Phi) is 4.54. The van der Waals surface area contributed by atoms with Crippen LogP contribution in [0.3, 0.4) is 0 Å². The summed E-state index contributed by atoms with van der Waals surface area (Å²) in [5, 5.41) is 8.29. The highest BCUT2D eigenvalue weighted by Gasteiger charge is 2.27. The minimum Gasteiger partial charge on any atom is -0.497 e. The number of fused-ring (bicyclic) bond motifs is 1. The lowest BCUT2D eigenvalue weighted by molar-refractivity contribution is 0.0392. The molecule has 1 aromatic heterocycles. The third kappa shape index (κ3) is 3.62. The van der Waals surface area contributed by atoms with Crippen molar-refractivity contribution in [3.05, 3.63) is 47.3 Å². The predicted octanol–water partition coefficient (Wildman–Crippen LogP) is 2.71. The van der Waals surface area contributed by atoms with E-state index in [9.17, 15) is 0 Å². The molecular formula is C19H25N3O2. The van der Waals surface area contributed by atoms with Crippen LogP contribution in [0.1, 0.15) is 35.8 Å². The van der Waals surface area contributed by atoms with Gasteiger partial charge in [0.15, 0.2) is 0 Å². The lowest BCUT2D eigenvalue weighted by Gasteiger charge is -2.22. The lowest BCUT2D eigenvalue weighted by Crippen LogP contribution is -2.27. The van der Waals surface area contributed by atoms with Gasteiger partial charge in [-0.1, -0.05) is 12.1 Å². The van der Waals surface area contributed by atoms with Crippen LogP contribution in [0.15, 0.2) is 30.5 Å². The fourth-order valence-corrected chi connectivity index (χ4v) is 3.24. The predicted molar refractivity (Wildman–Crippen MR) is 92.0 cm³/mol. The first-order chi connectivity index (χ1) is 11.8. The molecule has 5 nitrogen and oxygen atoms in total. The zero-order chi connectivity index (χ0) is 16.4. The van der Waals surface area contributed by atoms with E-state index in [0.717, 1.165) is 50.0 Å². The van der Waals surface area contributed by atoms with Crippen molar-refractivity contribution in [3.63, 3.8) is 0 Å². The SMILES string of the molecule is COc1ccc(CNC[C@H]2OCCc3cn(CC4CC4)nc32)cc1. The minimum absolute atomic E-state index is 0.0625. The molecule has 0 bridgehead atoms. The summed E-state index contributed by atoms with van der Waals surface area (Å²) < 4.78 is 13.3. The summed E-state index contributed by atoms with van der Waals surface area (Å²) in [6, 6.07) is 8.16. The number of nitrogens with zero attached hydrogens (tertiary/aromatic N) is 2. The largest absolute Gasteiger partial charge is 0.497 e. The molecule has 4 rings (SSSR count). The van der Waals surface area contributed by atoms with Crippen LogP contribution in [0.2, 0.25) is 0 Å². The first-order valence-corrected chi connectivity index (χ1v) is 8.83. The summed E-state index contributed by atoms with van der Waals surface area (Å²) in [5.41, 5.74) is 3.73. The fourth-order valence-electron chi connectivity index (χ4n) is 3.24. The maximum Gasteiger partial charge on any atom is 0.118 e. The number of aromatic nitrogens is 2. The zero-order valence-corrected chi connectivity index (χ0v) is 14.2. The van der Waals surface area contributed by atoms with Crippen LogP contribution in [0.4, 0.5) is 0 Å². The number of nitrogens with one attached hydrogen (secondary N) is 1. The molecule has 1 aliphatic heterocycles. The van der Waals surface area contributed by atoms with Gasteiger partial charge in [0, 0.05) is 25.8 Å². The van der Waals surface area contributed by atoms with Crippen LogP contribution in [-0.2, 0) is 24.2 Å². The van der Waals surface area contributed by atoms with Crippen molar-refractivity contribution >= 4 is 0 Å². The van der Waals surface area contributed by atoms with Crippen molar-refractivity contribution in [2.75, 3.05) is 20.3 Å². The van der Waals surface area contributed by atoms with Crippen molar-refractivity contribution < 1.29 is 9.47 Å². The molecule has 1 atom stereocenters. The number of ether oxygens (including phenoxy) is 2. The Morgan fingerprint density at radius 2 is 2.12 bits per heavy atom. The molecule has 2 heterocycles. The Morgan fingerprint density at radius 1 is 1.29 bits per heavy atom. The Labute approximate surface area is 143 Å². The van der Waals surface area contributed by atoms with Crippen LogP contribution in [-0.4, -0.2) is 30.0 Å². The molecule has 1 saturated carbocycles. The second kappa shape index (κ2) is 6.95. The standard InChI is InChI=1S/C19H25N3O2/c1-23-17-6-4-14(5-7-17)10-20-11-18-19-16(8-9-24-18)13-22(21-19)12-15-2-3-15/h4-7,13,15,18,20H,2-3,8-12H2,1H3/t18-/m1/s1. The van der Waals surface area contributed by atoms with Crippen LogP contribution in [0.5, 0.6) is 5.75 Å². The molecule has 128 valence electrons. The third-order valence-corrected chi connectivity index (χ3v) is 4.83. The van der Waals surface area contributed by atoms with Crippen LogP contribution >= 0.6 is 0 Å². The average Bonchev–Trinajstić information content (AvgIpc) is 3.32. The molecule has 1 fully saturated rings. The van der Waals surface area contributed by atoms with Gasteiger partial charge in [-0.3, -0.25) is 4.68 Å². The normalized spacial score (nSPS) is 20.0. The Hall–Kier alpha value is -1.85. The Morgan fingerprint density at radius 3 is 2.88 bits per heavy atom. The first-order valence-electron chi connectivity index (χ1n) is 8.83. The third-order valence-electron chi connectivity index (χ3n) is 4.83. The summed E-state index contributed by atoms with van der Waals surface area (Å²) in [7, 11) is 1.69. The van der Waals surface area contributed by atoms with E-state index >= 15 is 0 Å². The average molecular weight is 327 g/mol. The van der Waals surface area contributed by atoms with Gasteiger partial charge >= 0.3 is 0 Å². The molecule has 0 amide bonds. The fraction of sp³-hybridized carbons (Fsp3) is 0.526. The number of rotatable bonds is 7. The highest BCUT2D eigenvalue weighted by Crippen LogP contribution is 2.32. The van der Waals surface area contributed by atoms with Crippen LogP contribution in [0, 0.1) is 5.92 Å². The van der Waals surface area contributed by atoms with Gasteiger partial charge in [-0.2, -0.15) is 5.10 Å². The van der Waals surface area contributed by atoms with Gasteiger partial charge in [-0.15, -0.1) is 0 Å². The first kappa shape index (κ1) is 15.7. The summed E-state index contributed by atoms with van der Waals surface area (Å²) in [6.07, 6.45) is 5.98. The van der Waals surface area contributed by atoms with Crippen molar-refractivity contribution in [3.8, 4) is 5.75 Å². The summed E-state index contributed by atoms with van der Waals surface area (Å²) >= 11 is 0. The van der Waals surface area contributed by atoms with E-state index in [1.54, 1.807) is 7.11 Å². The molecule has 1 aliphatic carbocycles. The Balaban J connectivity index is 1.34. The monoisotopic (exact) mass is 327 g/mol. The van der Waals surface area contributed by atoms with Crippen LogP contribution < -0.4 is 10.1 Å². The molecule has 24 heavy (non-hydrogen) atoms. The highest BCUT2D eigenvalue weighted by molar-refractivity contribution is 5.27. The molecule has 1 aromatic carbocycles. The van der Waals surface area contributed by atoms with Crippen molar-refractivity contribution in [1.29, 1.82) is 0 Å². The van der Waals surface area contributed by atoms with Gasteiger partial charge in [-0.25, -0.2) is 0 Å². The maximum atomic E-state index is 5.95. The van der Waals surface area contributed by atoms with Gasteiger partial charge in [0.1, 0.15) is 11.9 Å². The molecule has 2 aromatic rings. The minimum atomic E-state index is 0.0625. The van der Waals surface area contributed by atoms with Gasteiger partial charge in [-0.05, 0) is 48.4 Å². The molecule has 0 spiro atoms. The van der Waals surface area contributed by atoms with Gasteiger partial charge in [0.25, 0.3) is 0 Å². The molecular weight excluding hydrogens is 302 g/mol. The molecule has 5 heteroatoms. The van der Waals surface area contributed by atoms with E-state index in [-0.39, 0.29) is 6.10 Å². The number of benzene rings is 1. The molecule has 1 N–H and O–H groups in total. The Bertz CT molecular complexity index is 676. The number of hydrogen-bond acceptors (Lipinski definition) is 4. The second-order valence-electron chi connectivity index (χ2n) is 6.79. The van der Waals surface area contributed by atoms with Gasteiger partial charge in [0.05, 0.1) is 19.4 Å². The summed E-state index contributed by atoms with van der Waals surface area (Å²) in [6.45, 7) is 3.47. The van der Waals surface area contributed by atoms with Crippen molar-refractivity contribution in [2.45, 2.75) is 38.5 Å². The van der Waals surface area contributed by atoms with Gasteiger partial charge < -0.3 is 14.8 Å². The topological polar surface area (TPSA) is 48.3 Å². The van der Waals surface area contributed by atoms with E-state index in [1.807, 2.05) is 12.1 Å². The second-order valence-corrected chi connectivity index (χ2v) is 6.79. The maximum absolute atomic E-state index is 5.95. The highest BCUT2D eigenvalue weighted by atomic mass is 16.5. The summed E-state index contributed by atoms with van der Waals surface area (Å²) in [4.78, 5) is 0. The van der Waals surface area contributed by atoms with Crippen LogP contribution in [0.25, 0.3) is 0 Å². The molecule has 0 saturated heterocycles. The van der Waals surface area contributed by atoms with E-state index in [2.05, 4.69) is 28.3 Å². The van der Waals surface area contributed by atoms with Crippen molar-refractivity contribution in [1.82, 2.24) is 15.1 Å². The quantitative estimate of drug-likeness (QED) is 0.849. The molecule has 2 aliphatic rings.